The minimum Gasteiger partial charge on any atom is -0.426 e. The zero-order valence-electron chi connectivity index (χ0n) is 9.70. The highest BCUT2D eigenvalue weighted by atomic mass is 16.5. The summed E-state index contributed by atoms with van der Waals surface area (Å²) >= 11 is 0. The van der Waals surface area contributed by atoms with Gasteiger partial charge in [-0.05, 0) is 24.6 Å². The molecule has 0 fully saturated rings. The van der Waals surface area contributed by atoms with Crippen LogP contribution in [0.15, 0.2) is 24.3 Å². The molecule has 16 heavy (non-hydrogen) atoms. The lowest BCUT2D eigenvalue weighted by Crippen LogP contribution is -2.09. The second kappa shape index (κ2) is 5.42. The molecule has 0 radical (unpaired) electrons. The number of nitrogens with one attached hydrogen (secondary N) is 2. The second-order valence-corrected chi connectivity index (χ2v) is 3.49. The Balaban J connectivity index is 2.78. The molecule has 0 aromatic heterocycles. The maximum atomic E-state index is 7.59. The first-order chi connectivity index (χ1) is 7.54. The lowest BCUT2D eigenvalue weighted by atomic mass is 10.1. The summed E-state index contributed by atoms with van der Waals surface area (Å²) in [5, 5.41) is 14.7. The van der Waals surface area contributed by atoms with E-state index in [-0.39, 0.29) is 17.9 Å². The Bertz CT molecular complexity index is 385. The van der Waals surface area contributed by atoms with Gasteiger partial charge in [0.25, 0.3) is 0 Å². The fourth-order valence-corrected chi connectivity index (χ4v) is 1.25. The van der Waals surface area contributed by atoms with Crippen LogP contribution in [0.4, 0.5) is 0 Å². The van der Waals surface area contributed by atoms with E-state index in [0.717, 1.165) is 5.56 Å². The largest absolute Gasteiger partial charge is 0.426 e. The monoisotopic (exact) mass is 220 g/mol. The Hall–Kier alpha value is -1.68. The van der Waals surface area contributed by atoms with Crippen LogP contribution < -0.4 is 0 Å². The van der Waals surface area contributed by atoms with Gasteiger partial charge in [-0.2, -0.15) is 0 Å². The van der Waals surface area contributed by atoms with Gasteiger partial charge in [-0.3, -0.25) is 10.8 Å². The highest BCUT2D eigenvalue weighted by Gasteiger charge is 2.06. The van der Waals surface area contributed by atoms with Crippen molar-refractivity contribution in [1.29, 1.82) is 10.8 Å². The molecule has 0 amide bonds. The van der Waals surface area contributed by atoms with Crippen LogP contribution in [0.3, 0.4) is 0 Å². The Morgan fingerprint density at radius 1 is 1.19 bits per heavy atom. The summed E-state index contributed by atoms with van der Waals surface area (Å²) in [6.07, 6.45) is 0.0358. The fraction of sp³-hybridized carbons (Fsp3) is 0.333. The third kappa shape index (κ3) is 3.17. The van der Waals surface area contributed by atoms with E-state index in [1.54, 1.807) is 19.2 Å². The maximum Gasteiger partial charge on any atom is 0.220 e. The Labute approximate surface area is 95.2 Å². The summed E-state index contributed by atoms with van der Waals surface area (Å²) in [7, 11) is 1.65. The number of hydrogen-bond donors (Lipinski definition) is 2. The lowest BCUT2D eigenvalue weighted by Gasteiger charge is -2.10. The lowest BCUT2D eigenvalue weighted by molar-refractivity contribution is 0.119. The molecule has 4 nitrogen and oxygen atoms in total. The molecular formula is C12H16N2O2. The van der Waals surface area contributed by atoms with Crippen LogP contribution in [0, 0.1) is 10.8 Å². The normalized spacial score (nSPS) is 11.9. The van der Waals surface area contributed by atoms with Crippen molar-refractivity contribution in [3.63, 3.8) is 0 Å². The first-order valence-electron chi connectivity index (χ1n) is 4.99. The van der Waals surface area contributed by atoms with E-state index in [9.17, 15) is 0 Å². The molecule has 1 aromatic carbocycles. The Morgan fingerprint density at radius 3 is 2.19 bits per heavy atom. The molecule has 1 atom stereocenters. The molecule has 0 aliphatic rings. The molecule has 0 aliphatic carbocycles. The predicted molar refractivity (Wildman–Crippen MR) is 63.2 cm³/mol. The fourth-order valence-electron chi connectivity index (χ4n) is 1.25. The number of rotatable bonds is 3. The maximum absolute atomic E-state index is 7.59. The summed E-state index contributed by atoms with van der Waals surface area (Å²) in [5.41, 5.74) is 1.70. The van der Waals surface area contributed by atoms with Crippen molar-refractivity contribution in [2.45, 2.75) is 20.0 Å². The van der Waals surface area contributed by atoms with E-state index in [0.29, 0.717) is 5.56 Å². The third-order valence-corrected chi connectivity index (χ3v) is 2.25. The zero-order chi connectivity index (χ0) is 12.1. The molecule has 2 N–H and O–H groups in total. The third-order valence-electron chi connectivity index (χ3n) is 2.25. The van der Waals surface area contributed by atoms with Gasteiger partial charge >= 0.3 is 0 Å². The molecule has 1 aromatic rings. The van der Waals surface area contributed by atoms with Gasteiger partial charge in [-0.25, -0.2) is 0 Å². The smallest absolute Gasteiger partial charge is 0.220 e. The molecule has 86 valence electrons. The minimum atomic E-state index is -0.0101. The average molecular weight is 220 g/mol. The number of benzene rings is 1. The molecule has 0 saturated carbocycles. The van der Waals surface area contributed by atoms with Crippen LogP contribution in [-0.2, 0) is 9.47 Å². The van der Waals surface area contributed by atoms with E-state index < -0.39 is 0 Å². The van der Waals surface area contributed by atoms with Crippen molar-refractivity contribution in [3.05, 3.63) is 35.4 Å². The van der Waals surface area contributed by atoms with E-state index in [2.05, 4.69) is 0 Å². The van der Waals surface area contributed by atoms with Gasteiger partial charge in [-0.1, -0.05) is 12.1 Å². The highest BCUT2D eigenvalue weighted by molar-refractivity contribution is 5.98. The summed E-state index contributed by atoms with van der Waals surface area (Å²) < 4.78 is 10.1. The van der Waals surface area contributed by atoms with E-state index >= 15 is 0 Å². The van der Waals surface area contributed by atoms with Gasteiger partial charge < -0.3 is 9.47 Å². The quantitative estimate of drug-likeness (QED) is 0.607. The first kappa shape index (κ1) is 12.4. The molecular weight excluding hydrogens is 204 g/mol. The van der Waals surface area contributed by atoms with E-state index in [4.69, 9.17) is 20.3 Å². The molecule has 0 spiro atoms. The average Bonchev–Trinajstić information content (AvgIpc) is 2.27. The van der Waals surface area contributed by atoms with Crippen LogP contribution >= 0.6 is 0 Å². The van der Waals surface area contributed by atoms with Gasteiger partial charge in [0.15, 0.2) is 5.90 Å². The SMILES string of the molecule is COC(C)c1ccc(C(=N)OC(C)=N)cc1. The molecule has 0 saturated heterocycles. The summed E-state index contributed by atoms with van der Waals surface area (Å²) in [6, 6.07) is 7.35. The highest BCUT2D eigenvalue weighted by Crippen LogP contribution is 2.16. The molecule has 0 bridgehead atoms. The van der Waals surface area contributed by atoms with Gasteiger partial charge in [0.05, 0.1) is 6.10 Å². The summed E-state index contributed by atoms with van der Waals surface area (Å²) in [4.78, 5) is 0. The van der Waals surface area contributed by atoms with Crippen molar-refractivity contribution >= 4 is 11.8 Å². The minimum absolute atomic E-state index is 0.0101. The summed E-state index contributed by atoms with van der Waals surface area (Å²) in [5.74, 6) is 0.00320. The van der Waals surface area contributed by atoms with Crippen molar-refractivity contribution in [2.75, 3.05) is 7.11 Å². The predicted octanol–water partition coefficient (Wildman–Crippen LogP) is 2.73. The topological polar surface area (TPSA) is 66.2 Å². The van der Waals surface area contributed by atoms with Gasteiger partial charge in [0, 0.05) is 19.6 Å². The van der Waals surface area contributed by atoms with Gasteiger partial charge in [0.2, 0.25) is 5.90 Å². The van der Waals surface area contributed by atoms with Crippen LogP contribution in [0.2, 0.25) is 0 Å². The van der Waals surface area contributed by atoms with Crippen molar-refractivity contribution < 1.29 is 9.47 Å². The van der Waals surface area contributed by atoms with Crippen LogP contribution in [0.25, 0.3) is 0 Å². The summed E-state index contributed by atoms with van der Waals surface area (Å²) in [6.45, 7) is 3.45. The van der Waals surface area contributed by atoms with Crippen molar-refractivity contribution in [3.8, 4) is 0 Å². The van der Waals surface area contributed by atoms with Crippen LogP contribution in [-0.4, -0.2) is 18.9 Å². The second-order valence-electron chi connectivity index (χ2n) is 3.49. The zero-order valence-corrected chi connectivity index (χ0v) is 9.70. The Morgan fingerprint density at radius 2 is 1.75 bits per heavy atom. The van der Waals surface area contributed by atoms with E-state index in [1.807, 2.05) is 19.1 Å². The molecule has 0 heterocycles. The number of ether oxygens (including phenoxy) is 2. The van der Waals surface area contributed by atoms with E-state index in [1.165, 1.54) is 6.92 Å². The van der Waals surface area contributed by atoms with Gasteiger partial charge in [0.1, 0.15) is 0 Å². The van der Waals surface area contributed by atoms with Crippen LogP contribution in [0.1, 0.15) is 31.1 Å². The first-order valence-corrected chi connectivity index (χ1v) is 4.99. The molecule has 1 rings (SSSR count). The molecule has 4 heteroatoms. The molecule has 0 aliphatic heterocycles. The molecule has 1 unspecified atom stereocenters. The Kier molecular flexibility index (Phi) is 4.19. The van der Waals surface area contributed by atoms with Crippen LogP contribution in [0.5, 0.6) is 0 Å². The van der Waals surface area contributed by atoms with Crippen molar-refractivity contribution in [2.24, 2.45) is 0 Å². The number of hydrogen-bond acceptors (Lipinski definition) is 4. The van der Waals surface area contributed by atoms with Gasteiger partial charge in [-0.15, -0.1) is 0 Å². The standard InChI is InChI=1S/C12H16N2O2/c1-8(15-3)10-4-6-11(7-5-10)12(14)16-9(2)13/h4-8,13-14H,1-3H3. The van der Waals surface area contributed by atoms with Crippen molar-refractivity contribution in [1.82, 2.24) is 0 Å². The number of methoxy groups -OCH3 is 1.